The molecule has 0 saturated carbocycles. The maximum atomic E-state index is 11.0. The van der Waals surface area contributed by atoms with E-state index in [0.717, 1.165) is 0 Å². The van der Waals surface area contributed by atoms with Crippen LogP contribution in [0.2, 0.25) is 0 Å². The second-order valence-corrected chi connectivity index (χ2v) is 5.81. The SMILES string of the molecule is O=[N+]([O-])c1cc(Nc2ncnc3cnc(N4CCOCC4)nc23)ccc1O. The normalized spacial score (nSPS) is 14.3. The van der Waals surface area contributed by atoms with Crippen molar-refractivity contribution in [3.63, 3.8) is 0 Å². The van der Waals surface area contributed by atoms with Gasteiger partial charge in [-0.15, -0.1) is 0 Å². The van der Waals surface area contributed by atoms with Crippen molar-refractivity contribution in [2.75, 3.05) is 36.5 Å². The number of aromatic nitrogens is 4. The van der Waals surface area contributed by atoms with Crippen LogP contribution < -0.4 is 10.2 Å². The molecule has 2 N–H and O–H groups in total. The molecule has 0 bridgehead atoms. The molecule has 4 rings (SSSR count). The van der Waals surface area contributed by atoms with Gasteiger partial charge in [0.1, 0.15) is 17.4 Å². The molecule has 0 atom stereocenters. The van der Waals surface area contributed by atoms with Crippen LogP contribution in [0.3, 0.4) is 0 Å². The maximum Gasteiger partial charge on any atom is 0.312 e. The summed E-state index contributed by atoms with van der Waals surface area (Å²) >= 11 is 0. The van der Waals surface area contributed by atoms with E-state index in [0.29, 0.717) is 54.8 Å². The number of anilines is 3. The molecule has 0 spiro atoms. The largest absolute Gasteiger partial charge is 0.502 e. The zero-order valence-electron chi connectivity index (χ0n) is 14.1. The van der Waals surface area contributed by atoms with Gasteiger partial charge in [-0.2, -0.15) is 0 Å². The third-order valence-electron chi connectivity index (χ3n) is 4.09. The van der Waals surface area contributed by atoms with E-state index >= 15 is 0 Å². The van der Waals surface area contributed by atoms with Gasteiger partial charge in [-0.3, -0.25) is 10.1 Å². The van der Waals surface area contributed by atoms with Crippen LogP contribution >= 0.6 is 0 Å². The highest BCUT2D eigenvalue weighted by Crippen LogP contribution is 2.31. The first-order chi connectivity index (χ1) is 13.1. The fraction of sp³-hybridized carbons (Fsp3) is 0.250. The van der Waals surface area contributed by atoms with Crippen LogP contribution in [0.1, 0.15) is 0 Å². The number of fused-ring (bicyclic) bond motifs is 1. The minimum Gasteiger partial charge on any atom is -0.502 e. The Hall–Kier alpha value is -3.60. The van der Waals surface area contributed by atoms with Gasteiger partial charge in [0, 0.05) is 24.8 Å². The lowest BCUT2D eigenvalue weighted by Gasteiger charge is -2.26. The fourth-order valence-electron chi connectivity index (χ4n) is 2.74. The first kappa shape index (κ1) is 16.8. The lowest BCUT2D eigenvalue weighted by molar-refractivity contribution is -0.385. The number of nitrogens with one attached hydrogen (secondary N) is 1. The van der Waals surface area contributed by atoms with Gasteiger partial charge in [0.25, 0.3) is 0 Å². The molecule has 0 aliphatic carbocycles. The number of nitro benzene ring substituents is 1. The van der Waals surface area contributed by atoms with E-state index in [2.05, 4.69) is 25.3 Å². The molecule has 1 aromatic carbocycles. The molecule has 2 aromatic heterocycles. The van der Waals surface area contributed by atoms with Crippen molar-refractivity contribution in [2.45, 2.75) is 0 Å². The number of hydrogen-bond donors (Lipinski definition) is 2. The van der Waals surface area contributed by atoms with Crippen molar-refractivity contribution in [1.29, 1.82) is 0 Å². The first-order valence-corrected chi connectivity index (χ1v) is 8.17. The molecule has 138 valence electrons. The number of ether oxygens (including phenoxy) is 1. The van der Waals surface area contributed by atoms with E-state index in [1.54, 1.807) is 6.20 Å². The summed E-state index contributed by atoms with van der Waals surface area (Å²) in [5.41, 5.74) is 1.02. The highest BCUT2D eigenvalue weighted by molar-refractivity contribution is 5.87. The van der Waals surface area contributed by atoms with Gasteiger partial charge in [0.05, 0.1) is 24.3 Å². The topological polar surface area (TPSA) is 139 Å². The number of phenolic OH excluding ortho intramolecular Hbond substituents is 1. The molecule has 1 aliphatic heterocycles. The summed E-state index contributed by atoms with van der Waals surface area (Å²) in [5, 5.41) is 23.6. The average molecular weight is 369 g/mol. The fourth-order valence-corrected chi connectivity index (χ4v) is 2.74. The summed E-state index contributed by atoms with van der Waals surface area (Å²) in [6, 6.07) is 3.99. The smallest absolute Gasteiger partial charge is 0.312 e. The van der Waals surface area contributed by atoms with Crippen molar-refractivity contribution in [1.82, 2.24) is 19.9 Å². The Morgan fingerprint density at radius 3 is 2.81 bits per heavy atom. The Morgan fingerprint density at radius 1 is 1.22 bits per heavy atom. The summed E-state index contributed by atoms with van der Waals surface area (Å²) < 4.78 is 5.34. The van der Waals surface area contributed by atoms with Crippen molar-refractivity contribution < 1.29 is 14.8 Å². The summed E-state index contributed by atoms with van der Waals surface area (Å²) in [4.78, 5) is 29.6. The molecule has 27 heavy (non-hydrogen) atoms. The Balaban J connectivity index is 1.71. The van der Waals surface area contributed by atoms with E-state index in [9.17, 15) is 15.2 Å². The molecule has 11 nitrogen and oxygen atoms in total. The predicted octanol–water partition coefficient (Wildman–Crippen LogP) is 1.61. The van der Waals surface area contributed by atoms with Crippen LogP contribution in [0.5, 0.6) is 5.75 Å². The summed E-state index contributed by atoms with van der Waals surface area (Å²) in [6.07, 6.45) is 2.97. The zero-order valence-corrected chi connectivity index (χ0v) is 14.1. The molecule has 3 aromatic rings. The van der Waals surface area contributed by atoms with Gasteiger partial charge >= 0.3 is 5.69 Å². The zero-order chi connectivity index (χ0) is 18.8. The van der Waals surface area contributed by atoms with Crippen LogP contribution in [0.15, 0.2) is 30.7 Å². The maximum absolute atomic E-state index is 11.0. The van der Waals surface area contributed by atoms with Gasteiger partial charge < -0.3 is 20.1 Å². The molecule has 11 heteroatoms. The minimum absolute atomic E-state index is 0.386. The molecular weight excluding hydrogens is 354 g/mol. The molecule has 1 fully saturated rings. The van der Waals surface area contributed by atoms with Crippen LogP contribution in [-0.2, 0) is 4.74 Å². The lowest BCUT2D eigenvalue weighted by Crippen LogP contribution is -2.37. The Bertz CT molecular complexity index is 1010. The number of rotatable bonds is 4. The Kier molecular flexibility index (Phi) is 4.34. The quantitative estimate of drug-likeness (QED) is 0.396. The second kappa shape index (κ2) is 6.96. The van der Waals surface area contributed by atoms with Gasteiger partial charge in [-0.1, -0.05) is 0 Å². The second-order valence-electron chi connectivity index (χ2n) is 5.81. The van der Waals surface area contributed by atoms with Gasteiger partial charge in [-0.25, -0.2) is 19.9 Å². The third kappa shape index (κ3) is 3.40. The summed E-state index contributed by atoms with van der Waals surface area (Å²) in [5.74, 6) is 0.521. The van der Waals surface area contributed by atoms with E-state index in [-0.39, 0.29) is 0 Å². The average Bonchev–Trinajstić information content (AvgIpc) is 2.70. The van der Waals surface area contributed by atoms with Crippen LogP contribution in [0, 0.1) is 10.1 Å². The molecule has 0 radical (unpaired) electrons. The number of phenols is 1. The number of nitrogens with zero attached hydrogens (tertiary/aromatic N) is 6. The van der Waals surface area contributed by atoms with E-state index in [1.807, 2.05) is 4.90 Å². The summed E-state index contributed by atoms with van der Waals surface area (Å²) in [7, 11) is 0. The predicted molar refractivity (Wildman–Crippen MR) is 96.2 cm³/mol. The highest BCUT2D eigenvalue weighted by Gasteiger charge is 2.17. The lowest BCUT2D eigenvalue weighted by atomic mass is 10.2. The van der Waals surface area contributed by atoms with Crippen molar-refractivity contribution in [3.05, 3.63) is 40.8 Å². The van der Waals surface area contributed by atoms with Crippen LogP contribution in [-0.4, -0.2) is 56.3 Å². The monoisotopic (exact) mass is 369 g/mol. The van der Waals surface area contributed by atoms with Gasteiger partial charge in [-0.05, 0) is 12.1 Å². The molecule has 1 aliphatic rings. The van der Waals surface area contributed by atoms with Crippen molar-refractivity contribution >= 4 is 34.2 Å². The number of benzene rings is 1. The first-order valence-electron chi connectivity index (χ1n) is 8.17. The van der Waals surface area contributed by atoms with E-state index in [1.165, 1.54) is 24.5 Å². The number of nitro groups is 1. The van der Waals surface area contributed by atoms with E-state index < -0.39 is 16.4 Å². The van der Waals surface area contributed by atoms with Crippen LogP contribution in [0.25, 0.3) is 11.0 Å². The highest BCUT2D eigenvalue weighted by atomic mass is 16.6. The van der Waals surface area contributed by atoms with Gasteiger partial charge in [0.2, 0.25) is 5.95 Å². The minimum atomic E-state index is -0.655. The summed E-state index contributed by atoms with van der Waals surface area (Å²) in [6.45, 7) is 2.59. The van der Waals surface area contributed by atoms with Crippen LogP contribution in [0.4, 0.5) is 23.1 Å². The number of hydrogen-bond acceptors (Lipinski definition) is 10. The molecule has 3 heterocycles. The standard InChI is InChI=1S/C16H15N7O4/c24-13-2-1-10(7-12(13)23(25)26)20-15-14-11(18-9-19-15)8-17-16(21-14)22-3-5-27-6-4-22/h1-2,7-9,24H,3-6H2,(H,18,19,20). The molecule has 1 saturated heterocycles. The molecule has 0 amide bonds. The third-order valence-corrected chi connectivity index (χ3v) is 4.09. The van der Waals surface area contributed by atoms with Crippen molar-refractivity contribution in [3.8, 4) is 5.75 Å². The molecule has 0 unspecified atom stereocenters. The van der Waals surface area contributed by atoms with Crippen molar-refractivity contribution in [2.24, 2.45) is 0 Å². The molecular formula is C16H15N7O4. The number of morpholine rings is 1. The van der Waals surface area contributed by atoms with Gasteiger partial charge in [0.15, 0.2) is 11.6 Å². The number of aromatic hydroxyl groups is 1. The Labute approximate surface area is 152 Å². The van der Waals surface area contributed by atoms with E-state index in [4.69, 9.17) is 4.74 Å². The Morgan fingerprint density at radius 2 is 2.04 bits per heavy atom.